The van der Waals surface area contributed by atoms with Gasteiger partial charge in [-0.15, -0.1) is 16.9 Å². The van der Waals surface area contributed by atoms with Crippen LogP contribution in [0.1, 0.15) is 6.42 Å². The van der Waals surface area contributed by atoms with Crippen LogP contribution in [0.2, 0.25) is 0 Å². The van der Waals surface area contributed by atoms with Crippen LogP contribution in [0.15, 0.2) is 23.0 Å². The molecule has 1 saturated heterocycles. The van der Waals surface area contributed by atoms with Crippen molar-refractivity contribution in [3.05, 3.63) is 18.0 Å². The van der Waals surface area contributed by atoms with E-state index < -0.39 is 0 Å². The highest BCUT2D eigenvalue weighted by atomic mass is 32.2. The Morgan fingerprint density at radius 1 is 1.69 bits per heavy atom. The van der Waals surface area contributed by atoms with E-state index in [0.717, 1.165) is 16.5 Å². The molecule has 1 N–H and O–H groups in total. The summed E-state index contributed by atoms with van der Waals surface area (Å²) in [5.74, 6) is 2.12. The highest BCUT2D eigenvalue weighted by Crippen LogP contribution is 2.36. The van der Waals surface area contributed by atoms with Crippen LogP contribution in [-0.2, 0) is 4.79 Å². The molecule has 1 aromatic heterocycles. The first-order chi connectivity index (χ1) is 7.83. The maximum Gasteiger partial charge on any atom is 0.230 e. The predicted octanol–water partition coefficient (Wildman–Crippen LogP) is 1.09. The SMILES string of the molecule is O=C1C[C@H]2SCC(CSc3cn[nH]n3)=CN12. The molecule has 5 nitrogen and oxygen atoms in total. The van der Waals surface area contributed by atoms with Crippen LogP contribution < -0.4 is 0 Å². The minimum atomic E-state index is 0.237. The fraction of sp³-hybridized carbons (Fsp3) is 0.444. The van der Waals surface area contributed by atoms with Crippen LogP contribution in [0.5, 0.6) is 0 Å². The van der Waals surface area contributed by atoms with Crippen LogP contribution in [0.3, 0.4) is 0 Å². The molecule has 0 spiro atoms. The van der Waals surface area contributed by atoms with Gasteiger partial charge in [-0.2, -0.15) is 10.3 Å². The lowest BCUT2D eigenvalue weighted by molar-refractivity contribution is -0.137. The summed E-state index contributed by atoms with van der Waals surface area (Å²) in [7, 11) is 0. The van der Waals surface area contributed by atoms with Crippen molar-refractivity contribution < 1.29 is 4.79 Å². The van der Waals surface area contributed by atoms with Crippen LogP contribution >= 0.6 is 23.5 Å². The third kappa shape index (κ3) is 1.84. The summed E-state index contributed by atoms with van der Waals surface area (Å²) >= 11 is 3.48. The van der Waals surface area contributed by atoms with Gasteiger partial charge in [0.15, 0.2) is 0 Å². The summed E-state index contributed by atoms with van der Waals surface area (Å²) in [5, 5.41) is 11.6. The number of β-lactam (4-membered cyclic amide) rings is 1. The largest absolute Gasteiger partial charge is 0.306 e. The summed E-state index contributed by atoms with van der Waals surface area (Å²) in [5.41, 5.74) is 1.28. The Labute approximate surface area is 101 Å². The molecule has 3 heterocycles. The number of amides is 1. The maximum atomic E-state index is 11.3. The number of aromatic amines is 1. The van der Waals surface area contributed by atoms with Gasteiger partial charge in [-0.25, -0.2) is 0 Å². The number of thioether (sulfide) groups is 2. The molecule has 0 radical (unpaired) electrons. The second-order valence-corrected chi connectivity index (χ2v) is 5.82. The summed E-state index contributed by atoms with van der Waals surface area (Å²) in [6.07, 6.45) is 4.41. The van der Waals surface area contributed by atoms with E-state index in [1.54, 1.807) is 18.0 Å². The van der Waals surface area contributed by atoms with Crippen LogP contribution in [0, 0.1) is 0 Å². The van der Waals surface area contributed by atoms with Crippen LogP contribution in [0.4, 0.5) is 0 Å². The Balaban J connectivity index is 1.61. The average molecular weight is 254 g/mol. The fourth-order valence-corrected chi connectivity index (χ4v) is 3.69. The highest BCUT2D eigenvalue weighted by Gasteiger charge is 2.37. The van der Waals surface area contributed by atoms with E-state index in [0.29, 0.717) is 11.8 Å². The molecule has 1 amide bonds. The molecular weight excluding hydrogens is 244 g/mol. The topological polar surface area (TPSA) is 61.9 Å². The number of hydrogen-bond donors (Lipinski definition) is 1. The first kappa shape index (κ1) is 10.2. The van der Waals surface area contributed by atoms with Gasteiger partial charge in [-0.05, 0) is 5.57 Å². The molecule has 2 aliphatic rings. The molecule has 0 saturated carbocycles. The summed E-state index contributed by atoms with van der Waals surface area (Å²) in [6, 6.07) is 0. The van der Waals surface area contributed by atoms with Gasteiger partial charge in [0.25, 0.3) is 0 Å². The number of hydrogen-bond acceptors (Lipinski definition) is 5. The standard InChI is InChI=1S/C9H10N4OS2/c14-8-1-9-13(8)3-6(5-16-9)4-15-7-2-10-12-11-7/h2-3,9H,1,4-5H2,(H,10,11,12)/t9-/m1/s1. The molecule has 1 atom stereocenters. The smallest absolute Gasteiger partial charge is 0.230 e. The molecule has 16 heavy (non-hydrogen) atoms. The zero-order chi connectivity index (χ0) is 11.0. The van der Waals surface area contributed by atoms with Crippen molar-refractivity contribution in [2.75, 3.05) is 11.5 Å². The first-order valence-electron chi connectivity index (χ1n) is 4.94. The van der Waals surface area contributed by atoms with Crippen molar-refractivity contribution in [2.24, 2.45) is 0 Å². The molecule has 1 fully saturated rings. The number of rotatable bonds is 3. The van der Waals surface area contributed by atoms with Gasteiger partial charge in [0.2, 0.25) is 5.91 Å². The summed E-state index contributed by atoms with van der Waals surface area (Å²) < 4.78 is 0. The van der Waals surface area contributed by atoms with Crippen LogP contribution in [-0.4, -0.2) is 43.1 Å². The Kier molecular flexibility index (Phi) is 2.64. The van der Waals surface area contributed by atoms with Crippen molar-refractivity contribution in [2.45, 2.75) is 16.8 Å². The number of H-pyrrole nitrogens is 1. The maximum absolute atomic E-state index is 11.3. The number of nitrogens with one attached hydrogen (secondary N) is 1. The van der Waals surface area contributed by atoms with E-state index in [9.17, 15) is 4.79 Å². The number of aromatic nitrogens is 3. The number of nitrogens with zero attached hydrogens (tertiary/aromatic N) is 3. The van der Waals surface area contributed by atoms with Gasteiger partial charge >= 0.3 is 0 Å². The zero-order valence-corrected chi connectivity index (χ0v) is 10.1. The van der Waals surface area contributed by atoms with E-state index in [1.165, 1.54) is 5.57 Å². The third-order valence-electron chi connectivity index (χ3n) is 2.53. The number of carbonyl (C=O) groups is 1. The van der Waals surface area contributed by atoms with Gasteiger partial charge in [0, 0.05) is 17.7 Å². The minimum Gasteiger partial charge on any atom is -0.306 e. The zero-order valence-electron chi connectivity index (χ0n) is 8.42. The van der Waals surface area contributed by atoms with E-state index in [4.69, 9.17) is 0 Å². The van der Waals surface area contributed by atoms with Gasteiger partial charge in [-0.1, -0.05) is 11.8 Å². The average Bonchev–Trinajstić information content (AvgIpc) is 2.79. The van der Waals surface area contributed by atoms with Crippen molar-refractivity contribution in [3.8, 4) is 0 Å². The third-order valence-corrected chi connectivity index (χ3v) is 4.85. The first-order valence-corrected chi connectivity index (χ1v) is 6.97. The van der Waals surface area contributed by atoms with Crippen molar-refractivity contribution in [3.63, 3.8) is 0 Å². The molecule has 3 rings (SSSR count). The predicted molar refractivity (Wildman–Crippen MR) is 62.9 cm³/mol. The summed E-state index contributed by atoms with van der Waals surface area (Å²) in [6.45, 7) is 0. The fourth-order valence-electron chi connectivity index (χ4n) is 1.64. The molecule has 2 aliphatic heterocycles. The number of fused-ring (bicyclic) bond motifs is 1. The van der Waals surface area contributed by atoms with Gasteiger partial charge in [0.05, 0.1) is 18.0 Å². The normalized spacial score (nSPS) is 23.8. The molecule has 7 heteroatoms. The molecule has 0 unspecified atom stereocenters. The second kappa shape index (κ2) is 4.14. The lowest BCUT2D eigenvalue weighted by Gasteiger charge is -2.41. The quantitative estimate of drug-likeness (QED) is 0.646. The molecule has 84 valence electrons. The molecule has 0 aromatic carbocycles. The Morgan fingerprint density at radius 2 is 2.62 bits per heavy atom. The molecule has 0 aliphatic carbocycles. The van der Waals surface area contributed by atoms with Gasteiger partial charge in [0.1, 0.15) is 5.03 Å². The Morgan fingerprint density at radius 3 is 3.38 bits per heavy atom. The van der Waals surface area contributed by atoms with Crippen molar-refractivity contribution in [1.29, 1.82) is 0 Å². The highest BCUT2D eigenvalue weighted by molar-refractivity contribution is 8.01. The van der Waals surface area contributed by atoms with Gasteiger partial charge < -0.3 is 4.90 Å². The van der Waals surface area contributed by atoms with Gasteiger partial charge in [-0.3, -0.25) is 4.79 Å². The van der Waals surface area contributed by atoms with E-state index >= 15 is 0 Å². The van der Waals surface area contributed by atoms with Crippen LogP contribution in [0.25, 0.3) is 0 Å². The second-order valence-electron chi connectivity index (χ2n) is 3.66. The van der Waals surface area contributed by atoms with Crippen molar-refractivity contribution in [1.82, 2.24) is 20.3 Å². The molecular formula is C9H10N4OS2. The Bertz CT molecular complexity index is 431. The lowest BCUT2D eigenvalue weighted by atomic mass is 10.2. The van der Waals surface area contributed by atoms with E-state index in [2.05, 4.69) is 15.4 Å². The van der Waals surface area contributed by atoms with E-state index in [-0.39, 0.29) is 5.91 Å². The summed E-state index contributed by atoms with van der Waals surface area (Å²) in [4.78, 5) is 13.1. The lowest BCUT2D eigenvalue weighted by Crippen LogP contribution is -2.49. The van der Waals surface area contributed by atoms with Crippen molar-refractivity contribution >= 4 is 29.4 Å². The van der Waals surface area contributed by atoms with E-state index in [1.807, 2.05) is 22.9 Å². The number of carbonyl (C=O) groups excluding carboxylic acids is 1. The Hall–Kier alpha value is -0.950. The molecule has 1 aromatic rings. The monoisotopic (exact) mass is 254 g/mol. The molecule has 0 bridgehead atoms. The minimum absolute atomic E-state index is 0.237.